The number of methoxy groups -OCH3 is 2. The van der Waals surface area contributed by atoms with Gasteiger partial charge >= 0.3 is 11.9 Å². The lowest BCUT2D eigenvalue weighted by Gasteiger charge is -2.20. The minimum atomic E-state index is -4.46. The van der Waals surface area contributed by atoms with E-state index in [2.05, 4.69) is 77.6 Å². The predicted octanol–water partition coefficient (Wildman–Crippen LogP) is 3.54. The highest BCUT2D eigenvalue weighted by Gasteiger charge is 2.32. The van der Waals surface area contributed by atoms with Crippen molar-refractivity contribution in [2.24, 2.45) is 18.5 Å². The van der Waals surface area contributed by atoms with Gasteiger partial charge in [0.1, 0.15) is 17.2 Å². The minimum absolute atomic E-state index is 0.0203. The van der Waals surface area contributed by atoms with Gasteiger partial charge in [0.25, 0.3) is 21.8 Å². The summed E-state index contributed by atoms with van der Waals surface area (Å²) in [4.78, 5) is 167. The van der Waals surface area contributed by atoms with Gasteiger partial charge in [0.05, 0.1) is 47.6 Å². The van der Waals surface area contributed by atoms with Crippen molar-refractivity contribution in [1.29, 1.82) is 0 Å². The zero-order valence-electron chi connectivity index (χ0n) is 74.8. The van der Waals surface area contributed by atoms with Crippen LogP contribution in [0.25, 0.3) is 21.8 Å². The number of anilines is 2. The average Bonchev–Trinajstić information content (AvgIpc) is 1.48. The number of nitrogens with zero attached hydrogens (tertiary/aromatic N) is 7. The molecule has 12 N–H and O–H groups in total. The molecule has 0 fully saturated rings. The van der Waals surface area contributed by atoms with E-state index in [4.69, 9.17) is 18.9 Å². The summed E-state index contributed by atoms with van der Waals surface area (Å²) in [6.07, 6.45) is 12.3. The molecule has 0 radical (unpaired) electrons. The first kappa shape index (κ1) is 102. The maximum Gasteiger partial charge on any atom is 0.355 e. The fourth-order valence-corrected chi connectivity index (χ4v) is 17.5. The van der Waals surface area contributed by atoms with Crippen LogP contribution in [0.3, 0.4) is 0 Å². The second-order valence-electron chi connectivity index (χ2n) is 31.1. The van der Waals surface area contributed by atoms with Crippen molar-refractivity contribution in [2.45, 2.75) is 167 Å². The van der Waals surface area contributed by atoms with Gasteiger partial charge in [0.15, 0.2) is 5.71 Å². The third kappa shape index (κ3) is 31.1. The summed E-state index contributed by atoms with van der Waals surface area (Å²) in [7, 11) is -1.35. The van der Waals surface area contributed by atoms with E-state index in [1.807, 2.05) is 27.9 Å². The van der Waals surface area contributed by atoms with Crippen LogP contribution in [0.4, 0.5) is 11.9 Å². The summed E-state index contributed by atoms with van der Waals surface area (Å²) < 4.78 is 88.7. The third-order valence-corrected chi connectivity index (χ3v) is 24.2. The standard InChI is InChI=1S/C88H119N19O20S2/c1-56-44-58(3)80(59(4)45-56)128(120,121)102-69(85(118)124-10)52-98-82(115)66-54-106(71-48-62(18-20-64(71)78(66)113)50-100-87-96-34-38-104(87)8)36-12-28-90-74(109)24-26-76(111)93-31-15-41-126-40-14-30-92-73(108)23-22-68(89-7)84(117)95-33-17-43-127-42-16-32-94-77(112)27-25-75(110)91-29-13-37-107-55-67(79(114)65-21-19-63(49-72(65)107)51-101-88-97-35-39-105(88)9)83(116)99-53-70(86(119)125-11)103-129(122,123)81-60(5)46-57(2)47-61(81)6/h18-21,34-35,38-39,44-49,54-55,68-69,89,102H,12-17,22-33,36-37,40-43,50-53H2,1-11H3,(H,90,109)(H,91,110)(H,92,108)(H,93,111)(H,94,112)(H,95,117)(H,96,100)(H,97,101)(H,98,115)(H,99,116)/t68?,69-/m0/s1. The summed E-state index contributed by atoms with van der Waals surface area (Å²) in [5, 5.41) is 31.8. The first-order chi connectivity index (χ1) is 61.6. The van der Waals surface area contributed by atoms with Crippen LogP contribution in [-0.2, 0) is 118 Å². The third-order valence-electron chi connectivity index (χ3n) is 20.8. The predicted molar refractivity (Wildman–Crippen MR) is 484 cm³/mol. The van der Waals surface area contributed by atoms with E-state index in [-0.39, 0.29) is 132 Å². The second-order valence-corrected chi connectivity index (χ2v) is 34.3. The first-order valence-corrected chi connectivity index (χ1v) is 45.5. The molecule has 0 aliphatic rings. The number of hydrogen-bond donors (Lipinski definition) is 12. The number of pyridine rings is 2. The molecule has 4 heterocycles. The SMILES string of the molecule is CNC(CCC(=O)NCCCOCCCNC(=O)CCC(=O)NCCCn1cc(C(=O)NC[C@H](NS(=O)(=O)c2c(C)cc(C)cc2C)C(=O)OC)c(=O)c2ccc(CNc3nccn3C)cc21)C(=O)NCCCOCCCNC(=O)CCC(=O)NCCCn1cc(C(=O)NCC(=NS(=O)(=O)c2c(C)cc(C)cc2C)C(=O)OC)c(=O)c2ccc(CNc3nccn3C)cc21. The number of sulfonamides is 2. The van der Waals surface area contributed by atoms with E-state index in [1.165, 1.54) is 12.4 Å². The number of benzene rings is 4. The van der Waals surface area contributed by atoms with Crippen LogP contribution in [0.5, 0.6) is 0 Å². The topological polar surface area (TPSA) is 512 Å². The highest BCUT2D eigenvalue weighted by molar-refractivity contribution is 7.90. The van der Waals surface area contributed by atoms with Gasteiger partial charge in [-0.1, -0.05) is 47.5 Å². The Morgan fingerprint density at radius 2 is 0.884 bits per heavy atom. The number of carbonyl (C=O) groups is 10. The van der Waals surface area contributed by atoms with Gasteiger partial charge in [-0.3, -0.25) is 52.7 Å². The Labute approximate surface area is 749 Å². The van der Waals surface area contributed by atoms with Gasteiger partial charge in [-0.2, -0.15) is 17.5 Å². The van der Waals surface area contributed by atoms with Gasteiger partial charge in [-0.15, -0.1) is 0 Å². The van der Waals surface area contributed by atoms with Crippen LogP contribution in [0.15, 0.2) is 122 Å². The quantitative estimate of drug-likeness (QED) is 0.0147. The van der Waals surface area contributed by atoms with Crippen LogP contribution >= 0.6 is 0 Å². The van der Waals surface area contributed by atoms with Gasteiger partial charge in [0.2, 0.25) is 68.2 Å². The number of likely N-dealkylation sites (N-methyl/N-ethyl adjacent to an activating group) is 1. The van der Waals surface area contributed by atoms with E-state index in [0.29, 0.717) is 149 Å². The summed E-state index contributed by atoms with van der Waals surface area (Å²) in [5.41, 5.74) is 3.48. The zero-order chi connectivity index (χ0) is 93.9. The molecule has 0 spiro atoms. The summed E-state index contributed by atoms with van der Waals surface area (Å²) in [6, 6.07) is 14.8. The first-order valence-electron chi connectivity index (χ1n) is 42.5. The fourth-order valence-electron chi connectivity index (χ4n) is 14.4. The van der Waals surface area contributed by atoms with Crippen molar-refractivity contribution in [2.75, 3.05) is 111 Å². The van der Waals surface area contributed by atoms with Gasteiger partial charge in [-0.05, 0) is 151 Å². The molecule has 1 unspecified atom stereocenters. The number of imidazole rings is 2. The molecule has 4 aromatic carbocycles. The average molecular weight is 1830 g/mol. The Morgan fingerprint density at radius 3 is 1.29 bits per heavy atom. The Hall–Kier alpha value is -12.6. The van der Waals surface area contributed by atoms with Crippen LogP contribution in [0.2, 0.25) is 0 Å². The molecule has 8 amide bonds. The highest BCUT2D eigenvalue weighted by Crippen LogP contribution is 2.26. The largest absolute Gasteiger partial charge is 0.468 e. The van der Waals surface area contributed by atoms with Crippen molar-refractivity contribution in [3.63, 3.8) is 0 Å². The normalized spacial score (nSPS) is 12.1. The highest BCUT2D eigenvalue weighted by atomic mass is 32.2. The molecule has 41 heteroatoms. The second kappa shape index (κ2) is 50.3. The number of aromatic nitrogens is 6. The van der Waals surface area contributed by atoms with Crippen LogP contribution in [0, 0.1) is 41.5 Å². The number of fused-ring (bicyclic) bond motifs is 2. The van der Waals surface area contributed by atoms with Crippen LogP contribution in [0.1, 0.15) is 142 Å². The maximum absolute atomic E-state index is 14.1. The zero-order valence-corrected chi connectivity index (χ0v) is 76.4. The molecule has 0 aliphatic heterocycles. The number of rotatable bonds is 54. The molecule has 0 aliphatic carbocycles. The van der Waals surface area contributed by atoms with Gasteiger partial charge in [-0.25, -0.2) is 23.2 Å². The lowest BCUT2D eigenvalue weighted by molar-refractivity contribution is -0.142. The molecule has 2 atom stereocenters. The van der Waals surface area contributed by atoms with Crippen molar-refractivity contribution in [3.8, 4) is 0 Å². The molecule has 39 nitrogen and oxygen atoms in total. The van der Waals surface area contributed by atoms with Gasteiger partial charge in [0, 0.05) is 193 Å². The van der Waals surface area contributed by atoms with E-state index < -0.39 is 85.5 Å². The summed E-state index contributed by atoms with van der Waals surface area (Å²) >= 11 is 0. The minimum Gasteiger partial charge on any atom is -0.468 e. The molecule has 0 saturated heterocycles. The van der Waals surface area contributed by atoms with Crippen molar-refractivity contribution in [1.82, 2.24) is 80.8 Å². The number of carbonyl (C=O) groups excluding carboxylic acids is 10. The smallest absolute Gasteiger partial charge is 0.355 e. The fraction of sp³-hybridized carbons (Fsp3) is 0.466. The van der Waals surface area contributed by atoms with E-state index >= 15 is 0 Å². The molecule has 4 aromatic heterocycles. The Bertz CT molecular complexity index is 5680. The molecule has 8 aromatic rings. The van der Waals surface area contributed by atoms with Crippen LogP contribution in [-0.4, -0.2) is 222 Å². The van der Waals surface area contributed by atoms with Crippen molar-refractivity contribution < 1.29 is 83.7 Å². The van der Waals surface area contributed by atoms with Crippen LogP contribution < -0.4 is 74.1 Å². The number of nitrogens with one attached hydrogen (secondary N) is 12. The lowest BCUT2D eigenvalue weighted by Crippen LogP contribution is -2.49. The Morgan fingerprint density at radius 1 is 0.481 bits per heavy atom. The van der Waals surface area contributed by atoms with E-state index in [1.54, 1.807) is 138 Å². The molecule has 698 valence electrons. The van der Waals surface area contributed by atoms with E-state index in [0.717, 1.165) is 36.5 Å². The van der Waals surface area contributed by atoms with Gasteiger partial charge < -0.3 is 95.7 Å². The summed E-state index contributed by atoms with van der Waals surface area (Å²) in [6.45, 7) is 12.9. The monoisotopic (exact) mass is 1830 g/mol. The number of ether oxygens (including phenoxy) is 4. The number of aryl methyl sites for hydroxylation is 10. The number of esters is 2. The Kier molecular flexibility index (Phi) is 39.7. The number of hydrogen-bond acceptors (Lipinski definition) is 25. The van der Waals surface area contributed by atoms with E-state index in [9.17, 15) is 74.4 Å². The van der Waals surface area contributed by atoms with Crippen molar-refractivity contribution in [3.05, 3.63) is 174 Å². The number of amides is 8. The maximum atomic E-state index is 14.1. The molecule has 0 bridgehead atoms. The lowest BCUT2D eigenvalue weighted by atomic mass is 10.1. The summed E-state index contributed by atoms with van der Waals surface area (Å²) in [5.74, 6) is -4.54. The molecular formula is C88H119N19O20S2. The molecule has 129 heavy (non-hydrogen) atoms. The molecular weight excluding hydrogens is 1710 g/mol. The van der Waals surface area contributed by atoms with Crippen molar-refractivity contribution >= 4 is 119 Å². The molecule has 8 rings (SSSR count). The Balaban J connectivity index is 0.650. The molecule has 0 saturated carbocycles.